The molecule has 0 bridgehead atoms. The monoisotopic (exact) mass is 366 g/mol. The zero-order chi connectivity index (χ0) is 19.6. The van der Waals surface area contributed by atoms with Crippen LogP contribution in [0.5, 0.6) is 5.75 Å². The Bertz CT molecular complexity index is 1100. The standard InChI is InChI=1S/C20H18N2O5/c1-11-13-7-6-12(23)10-17(13)27-20(26)14(11)8-9-18(24)22-16-5-3-2-4-15(16)19(21)25/h2-7,10,23H,8-9H2,1H3,(H2,21,25)(H,22,24). The zero-order valence-corrected chi connectivity index (χ0v) is 14.6. The molecule has 138 valence electrons. The predicted molar refractivity (Wildman–Crippen MR) is 101 cm³/mol. The van der Waals surface area contributed by atoms with Gasteiger partial charge in [0, 0.05) is 23.4 Å². The summed E-state index contributed by atoms with van der Waals surface area (Å²) in [5, 5.41) is 12.8. The number of aryl methyl sites for hydroxylation is 1. The Labute approximate surface area is 154 Å². The number of primary amides is 1. The lowest BCUT2D eigenvalue weighted by Gasteiger charge is -2.10. The van der Waals surface area contributed by atoms with Gasteiger partial charge in [0.05, 0.1) is 11.3 Å². The smallest absolute Gasteiger partial charge is 0.339 e. The van der Waals surface area contributed by atoms with Crippen molar-refractivity contribution in [2.24, 2.45) is 5.73 Å². The number of fused-ring (bicyclic) bond motifs is 1. The fourth-order valence-corrected chi connectivity index (χ4v) is 2.93. The van der Waals surface area contributed by atoms with Gasteiger partial charge in [0.25, 0.3) is 5.91 Å². The van der Waals surface area contributed by atoms with Crippen LogP contribution < -0.4 is 16.7 Å². The van der Waals surface area contributed by atoms with Crippen molar-refractivity contribution in [1.82, 2.24) is 0 Å². The van der Waals surface area contributed by atoms with Crippen molar-refractivity contribution in [1.29, 1.82) is 0 Å². The second-order valence-corrected chi connectivity index (χ2v) is 6.13. The Morgan fingerprint density at radius 3 is 2.67 bits per heavy atom. The van der Waals surface area contributed by atoms with Crippen LogP contribution in [0, 0.1) is 6.92 Å². The molecule has 0 aliphatic carbocycles. The Morgan fingerprint density at radius 1 is 1.19 bits per heavy atom. The van der Waals surface area contributed by atoms with Crippen LogP contribution in [0.1, 0.15) is 27.9 Å². The van der Waals surface area contributed by atoms with Gasteiger partial charge in [-0.2, -0.15) is 0 Å². The number of carbonyl (C=O) groups is 2. The van der Waals surface area contributed by atoms with Gasteiger partial charge in [-0.05, 0) is 43.2 Å². The van der Waals surface area contributed by atoms with E-state index in [1.165, 1.54) is 18.2 Å². The van der Waals surface area contributed by atoms with Gasteiger partial charge < -0.3 is 20.6 Å². The minimum atomic E-state index is -0.639. The van der Waals surface area contributed by atoms with Crippen LogP contribution in [0.4, 0.5) is 5.69 Å². The highest BCUT2D eigenvalue weighted by atomic mass is 16.4. The third-order valence-electron chi connectivity index (χ3n) is 4.34. The molecule has 0 aliphatic rings. The van der Waals surface area contributed by atoms with Crippen molar-refractivity contribution in [2.75, 3.05) is 5.32 Å². The normalized spacial score (nSPS) is 10.7. The molecule has 3 aromatic rings. The Balaban J connectivity index is 1.79. The van der Waals surface area contributed by atoms with E-state index >= 15 is 0 Å². The lowest BCUT2D eigenvalue weighted by atomic mass is 10.0. The number of carbonyl (C=O) groups excluding carboxylic acids is 2. The summed E-state index contributed by atoms with van der Waals surface area (Å²) in [5.74, 6) is -0.987. The number of hydrogen-bond donors (Lipinski definition) is 3. The number of nitrogens with two attached hydrogens (primary N) is 1. The molecule has 0 atom stereocenters. The quantitative estimate of drug-likeness (QED) is 0.599. The topological polar surface area (TPSA) is 123 Å². The number of nitrogens with one attached hydrogen (secondary N) is 1. The number of aromatic hydroxyl groups is 1. The fraction of sp³-hybridized carbons (Fsp3) is 0.150. The van der Waals surface area contributed by atoms with Crippen molar-refractivity contribution >= 4 is 28.5 Å². The molecule has 0 unspecified atom stereocenters. The van der Waals surface area contributed by atoms with Gasteiger partial charge in [0.1, 0.15) is 11.3 Å². The van der Waals surface area contributed by atoms with Crippen LogP contribution >= 0.6 is 0 Å². The molecule has 0 fully saturated rings. The van der Waals surface area contributed by atoms with E-state index in [1.54, 1.807) is 31.2 Å². The molecule has 1 aromatic heterocycles. The molecule has 0 saturated heterocycles. The first-order valence-electron chi connectivity index (χ1n) is 8.31. The molecule has 0 aliphatic heterocycles. The minimum Gasteiger partial charge on any atom is -0.508 e. The van der Waals surface area contributed by atoms with Crippen LogP contribution in [-0.2, 0) is 11.2 Å². The van der Waals surface area contributed by atoms with Crippen LogP contribution in [0.2, 0.25) is 0 Å². The lowest BCUT2D eigenvalue weighted by Crippen LogP contribution is -2.19. The molecule has 1 heterocycles. The van der Waals surface area contributed by atoms with Crippen molar-refractivity contribution in [3.8, 4) is 5.75 Å². The van der Waals surface area contributed by atoms with Crippen molar-refractivity contribution in [2.45, 2.75) is 19.8 Å². The number of phenolic OH excluding ortho intramolecular Hbond substituents is 1. The number of anilines is 1. The molecular weight excluding hydrogens is 348 g/mol. The maximum atomic E-state index is 12.3. The van der Waals surface area contributed by atoms with Crippen LogP contribution in [0.15, 0.2) is 51.7 Å². The zero-order valence-electron chi connectivity index (χ0n) is 14.6. The van der Waals surface area contributed by atoms with Gasteiger partial charge in [-0.3, -0.25) is 9.59 Å². The molecule has 2 aromatic carbocycles. The number of para-hydroxylation sites is 1. The van der Waals surface area contributed by atoms with Crippen LogP contribution in [-0.4, -0.2) is 16.9 Å². The van der Waals surface area contributed by atoms with Gasteiger partial charge in [-0.25, -0.2) is 4.79 Å². The first kappa shape index (κ1) is 18.2. The highest BCUT2D eigenvalue weighted by Crippen LogP contribution is 2.24. The summed E-state index contributed by atoms with van der Waals surface area (Å²) in [7, 11) is 0. The van der Waals surface area contributed by atoms with E-state index in [9.17, 15) is 19.5 Å². The van der Waals surface area contributed by atoms with E-state index in [1.807, 2.05) is 0 Å². The molecule has 0 saturated carbocycles. The molecule has 7 heteroatoms. The van der Waals surface area contributed by atoms with Gasteiger partial charge in [-0.1, -0.05) is 12.1 Å². The summed E-state index contributed by atoms with van der Waals surface area (Å²) >= 11 is 0. The number of amides is 2. The van der Waals surface area contributed by atoms with E-state index in [0.29, 0.717) is 27.8 Å². The van der Waals surface area contributed by atoms with Gasteiger partial charge >= 0.3 is 5.63 Å². The predicted octanol–water partition coefficient (Wildman–Crippen LogP) is 2.48. The minimum absolute atomic E-state index is 0.00490. The molecule has 0 radical (unpaired) electrons. The number of benzene rings is 2. The number of phenols is 1. The molecule has 2 amide bonds. The van der Waals surface area contributed by atoms with E-state index in [-0.39, 0.29) is 30.1 Å². The van der Waals surface area contributed by atoms with Crippen molar-refractivity contribution in [3.05, 3.63) is 69.6 Å². The van der Waals surface area contributed by atoms with Gasteiger partial charge in [0.15, 0.2) is 0 Å². The molecule has 4 N–H and O–H groups in total. The third kappa shape index (κ3) is 3.82. The third-order valence-corrected chi connectivity index (χ3v) is 4.34. The lowest BCUT2D eigenvalue weighted by molar-refractivity contribution is -0.116. The number of hydrogen-bond acceptors (Lipinski definition) is 5. The van der Waals surface area contributed by atoms with Crippen LogP contribution in [0.3, 0.4) is 0 Å². The van der Waals surface area contributed by atoms with E-state index in [2.05, 4.69) is 5.32 Å². The SMILES string of the molecule is Cc1c(CCC(=O)Nc2ccccc2C(N)=O)c(=O)oc2cc(O)ccc12. The van der Waals surface area contributed by atoms with Crippen LogP contribution in [0.25, 0.3) is 11.0 Å². The summed E-state index contributed by atoms with van der Waals surface area (Å²) in [5.41, 5.74) is 6.68. The second-order valence-electron chi connectivity index (χ2n) is 6.13. The highest BCUT2D eigenvalue weighted by Gasteiger charge is 2.15. The number of rotatable bonds is 5. The highest BCUT2D eigenvalue weighted by molar-refractivity contribution is 6.03. The Hall–Kier alpha value is -3.61. The molecule has 27 heavy (non-hydrogen) atoms. The summed E-state index contributed by atoms with van der Waals surface area (Å²) < 4.78 is 5.25. The largest absolute Gasteiger partial charge is 0.508 e. The first-order valence-corrected chi connectivity index (χ1v) is 8.31. The van der Waals surface area contributed by atoms with Crippen molar-refractivity contribution < 1.29 is 19.1 Å². The summed E-state index contributed by atoms with van der Waals surface area (Å²) in [6, 6.07) is 11.0. The second kappa shape index (κ2) is 7.33. The Kier molecular flexibility index (Phi) is 4.94. The molecular formula is C20H18N2O5. The fourth-order valence-electron chi connectivity index (χ4n) is 2.93. The van der Waals surface area contributed by atoms with E-state index in [4.69, 9.17) is 10.2 Å². The first-order chi connectivity index (χ1) is 12.9. The maximum absolute atomic E-state index is 12.3. The summed E-state index contributed by atoms with van der Waals surface area (Å²) in [6.07, 6.45) is 0.206. The summed E-state index contributed by atoms with van der Waals surface area (Å²) in [6.45, 7) is 1.77. The average Bonchev–Trinajstić information content (AvgIpc) is 2.61. The Morgan fingerprint density at radius 2 is 1.93 bits per heavy atom. The molecule has 3 rings (SSSR count). The summed E-state index contributed by atoms with van der Waals surface area (Å²) in [4.78, 5) is 35.9. The molecule has 7 nitrogen and oxygen atoms in total. The van der Waals surface area contributed by atoms with Crippen molar-refractivity contribution in [3.63, 3.8) is 0 Å². The van der Waals surface area contributed by atoms with E-state index < -0.39 is 11.5 Å². The van der Waals surface area contributed by atoms with Gasteiger partial charge in [0.2, 0.25) is 5.91 Å². The van der Waals surface area contributed by atoms with E-state index in [0.717, 1.165) is 0 Å². The maximum Gasteiger partial charge on any atom is 0.339 e. The molecule has 0 spiro atoms. The van der Waals surface area contributed by atoms with Gasteiger partial charge in [-0.15, -0.1) is 0 Å². The average molecular weight is 366 g/mol.